The first-order valence-electron chi connectivity index (χ1n) is 10.0. The average Bonchev–Trinajstić information content (AvgIpc) is 2.81. The Morgan fingerprint density at radius 2 is 1.87 bits per heavy atom. The van der Waals surface area contributed by atoms with Crippen LogP contribution in [0.15, 0.2) is 60.7 Å². The summed E-state index contributed by atoms with van der Waals surface area (Å²) in [5.74, 6) is 0.606. The second-order valence-electron chi connectivity index (χ2n) is 6.95. The molecule has 0 aliphatic carbocycles. The lowest BCUT2D eigenvalue weighted by Gasteiger charge is -2.19. The number of para-hydroxylation sites is 1. The van der Waals surface area contributed by atoms with Crippen LogP contribution in [0, 0.1) is 0 Å². The number of pyridine rings is 1. The fourth-order valence-electron chi connectivity index (χ4n) is 3.41. The van der Waals surface area contributed by atoms with Gasteiger partial charge in [-0.15, -0.1) is 0 Å². The molecule has 0 bridgehead atoms. The van der Waals surface area contributed by atoms with Crippen LogP contribution in [0.4, 0.5) is 5.69 Å². The SMILES string of the molecule is COC(=O)c1nc(-c2ccc3c(c2)NCCC3)ccc1OCCOc1ccccc1. The maximum absolute atomic E-state index is 12.3. The largest absolute Gasteiger partial charge is 0.490 e. The summed E-state index contributed by atoms with van der Waals surface area (Å²) in [6.07, 6.45) is 2.21. The standard InChI is InChI=1S/C24H24N2O4/c1-28-24(27)23-22(30-15-14-29-19-7-3-2-4-8-19)12-11-20(26-23)18-10-9-17-6-5-13-25-21(17)16-18/h2-4,7-12,16,25H,5-6,13-15H2,1H3. The normalized spacial score (nSPS) is 12.4. The number of anilines is 1. The third-order valence-corrected chi connectivity index (χ3v) is 4.93. The van der Waals surface area contributed by atoms with Gasteiger partial charge in [0.25, 0.3) is 0 Å². The van der Waals surface area contributed by atoms with Crippen LogP contribution < -0.4 is 14.8 Å². The molecule has 0 spiro atoms. The number of esters is 1. The van der Waals surface area contributed by atoms with Crippen LogP contribution in [0.2, 0.25) is 0 Å². The number of aryl methyl sites for hydroxylation is 1. The molecule has 0 saturated carbocycles. The van der Waals surface area contributed by atoms with Crippen molar-refractivity contribution in [1.29, 1.82) is 0 Å². The van der Waals surface area contributed by atoms with Gasteiger partial charge in [0.1, 0.15) is 19.0 Å². The van der Waals surface area contributed by atoms with Crippen molar-refractivity contribution in [2.24, 2.45) is 0 Å². The number of ether oxygens (including phenoxy) is 3. The molecule has 1 aliphatic rings. The zero-order valence-corrected chi connectivity index (χ0v) is 16.9. The fraction of sp³-hybridized carbons (Fsp3) is 0.250. The summed E-state index contributed by atoms with van der Waals surface area (Å²) >= 11 is 0. The molecule has 6 nitrogen and oxygen atoms in total. The van der Waals surface area contributed by atoms with E-state index in [1.54, 1.807) is 6.07 Å². The van der Waals surface area contributed by atoms with E-state index in [-0.39, 0.29) is 12.3 Å². The third kappa shape index (κ3) is 4.54. The van der Waals surface area contributed by atoms with E-state index in [1.165, 1.54) is 12.7 Å². The Morgan fingerprint density at radius 1 is 1.03 bits per heavy atom. The molecule has 1 aliphatic heterocycles. The number of hydrogen-bond acceptors (Lipinski definition) is 6. The Balaban J connectivity index is 1.50. The Kier molecular flexibility index (Phi) is 6.13. The summed E-state index contributed by atoms with van der Waals surface area (Å²) in [6.45, 7) is 1.60. The minimum atomic E-state index is -0.535. The molecule has 0 amide bonds. The van der Waals surface area contributed by atoms with Gasteiger partial charge in [0.2, 0.25) is 0 Å². The number of benzene rings is 2. The van der Waals surface area contributed by atoms with Crippen LogP contribution in [0.25, 0.3) is 11.3 Å². The Hall–Kier alpha value is -3.54. The molecule has 0 atom stereocenters. The van der Waals surface area contributed by atoms with Gasteiger partial charge in [0.05, 0.1) is 12.8 Å². The van der Waals surface area contributed by atoms with Crippen molar-refractivity contribution in [1.82, 2.24) is 4.98 Å². The zero-order valence-electron chi connectivity index (χ0n) is 16.9. The molecule has 2 aromatic carbocycles. The van der Waals surface area contributed by atoms with E-state index in [0.717, 1.165) is 36.4 Å². The number of hydrogen-bond donors (Lipinski definition) is 1. The molecule has 0 radical (unpaired) electrons. The number of methoxy groups -OCH3 is 1. The molecule has 2 heterocycles. The summed E-state index contributed by atoms with van der Waals surface area (Å²) in [5.41, 5.74) is 4.21. The van der Waals surface area contributed by atoms with Crippen LogP contribution >= 0.6 is 0 Å². The van der Waals surface area contributed by atoms with Gasteiger partial charge in [-0.2, -0.15) is 0 Å². The van der Waals surface area contributed by atoms with Gasteiger partial charge in [-0.25, -0.2) is 9.78 Å². The predicted octanol–water partition coefficient (Wildman–Crippen LogP) is 4.35. The van der Waals surface area contributed by atoms with Crippen molar-refractivity contribution in [2.45, 2.75) is 12.8 Å². The van der Waals surface area contributed by atoms with E-state index in [9.17, 15) is 4.79 Å². The van der Waals surface area contributed by atoms with Crippen LogP contribution in [-0.2, 0) is 11.2 Å². The highest BCUT2D eigenvalue weighted by Gasteiger charge is 2.18. The van der Waals surface area contributed by atoms with E-state index in [0.29, 0.717) is 18.1 Å². The minimum Gasteiger partial charge on any atom is -0.490 e. The lowest BCUT2D eigenvalue weighted by Crippen LogP contribution is -2.14. The number of rotatable bonds is 7. The van der Waals surface area contributed by atoms with Crippen molar-refractivity contribution >= 4 is 11.7 Å². The van der Waals surface area contributed by atoms with E-state index in [1.807, 2.05) is 42.5 Å². The summed E-state index contributed by atoms with van der Waals surface area (Å²) in [4.78, 5) is 16.8. The van der Waals surface area contributed by atoms with Gasteiger partial charge < -0.3 is 19.5 Å². The smallest absolute Gasteiger partial charge is 0.360 e. The van der Waals surface area contributed by atoms with Crippen LogP contribution in [0.1, 0.15) is 22.5 Å². The van der Waals surface area contributed by atoms with Crippen LogP contribution in [-0.4, -0.2) is 37.8 Å². The first-order chi connectivity index (χ1) is 14.7. The van der Waals surface area contributed by atoms with Crippen molar-refractivity contribution in [3.05, 3.63) is 71.9 Å². The molecule has 154 valence electrons. The number of fused-ring (bicyclic) bond motifs is 1. The van der Waals surface area contributed by atoms with E-state index in [4.69, 9.17) is 14.2 Å². The van der Waals surface area contributed by atoms with E-state index < -0.39 is 5.97 Å². The second kappa shape index (κ2) is 9.31. The maximum Gasteiger partial charge on any atom is 0.360 e. The molecule has 0 fully saturated rings. The highest BCUT2D eigenvalue weighted by atomic mass is 16.5. The fourth-order valence-corrected chi connectivity index (χ4v) is 3.41. The number of carbonyl (C=O) groups excluding carboxylic acids is 1. The van der Waals surface area contributed by atoms with Gasteiger partial charge in [-0.05, 0) is 48.7 Å². The van der Waals surface area contributed by atoms with E-state index >= 15 is 0 Å². The molecular weight excluding hydrogens is 380 g/mol. The van der Waals surface area contributed by atoms with Gasteiger partial charge in [-0.1, -0.05) is 30.3 Å². The quantitative estimate of drug-likeness (QED) is 0.466. The highest BCUT2D eigenvalue weighted by Crippen LogP contribution is 2.29. The minimum absolute atomic E-state index is 0.153. The molecule has 1 aromatic heterocycles. The van der Waals surface area contributed by atoms with Crippen molar-refractivity contribution in [3.8, 4) is 22.8 Å². The first-order valence-corrected chi connectivity index (χ1v) is 10.0. The summed E-state index contributed by atoms with van der Waals surface area (Å²) in [6, 6.07) is 19.3. The van der Waals surface area contributed by atoms with Gasteiger partial charge in [0.15, 0.2) is 11.4 Å². The van der Waals surface area contributed by atoms with Crippen molar-refractivity contribution < 1.29 is 19.0 Å². The van der Waals surface area contributed by atoms with Crippen molar-refractivity contribution in [3.63, 3.8) is 0 Å². The molecule has 30 heavy (non-hydrogen) atoms. The molecule has 3 aromatic rings. The highest BCUT2D eigenvalue weighted by molar-refractivity contribution is 5.91. The number of nitrogens with zero attached hydrogens (tertiary/aromatic N) is 1. The lowest BCUT2D eigenvalue weighted by atomic mass is 10.00. The molecule has 4 rings (SSSR count). The van der Waals surface area contributed by atoms with Crippen LogP contribution in [0.3, 0.4) is 0 Å². The summed E-state index contributed by atoms with van der Waals surface area (Å²) in [5, 5.41) is 3.42. The lowest BCUT2D eigenvalue weighted by molar-refractivity contribution is 0.0588. The number of nitrogens with one attached hydrogen (secondary N) is 1. The van der Waals surface area contributed by atoms with Gasteiger partial charge in [0, 0.05) is 17.8 Å². The Bertz CT molecular complexity index is 1020. The molecule has 1 N–H and O–H groups in total. The Morgan fingerprint density at radius 3 is 2.70 bits per heavy atom. The third-order valence-electron chi connectivity index (χ3n) is 4.93. The van der Waals surface area contributed by atoms with Gasteiger partial charge in [-0.3, -0.25) is 0 Å². The van der Waals surface area contributed by atoms with Crippen LogP contribution in [0.5, 0.6) is 11.5 Å². The molecule has 6 heteroatoms. The first kappa shape index (κ1) is 19.8. The topological polar surface area (TPSA) is 69.7 Å². The molecule has 0 unspecified atom stereocenters. The monoisotopic (exact) mass is 404 g/mol. The summed E-state index contributed by atoms with van der Waals surface area (Å²) < 4.78 is 16.3. The predicted molar refractivity (Wildman–Crippen MR) is 115 cm³/mol. The molecular formula is C24H24N2O4. The van der Waals surface area contributed by atoms with Crippen molar-refractivity contribution in [2.75, 3.05) is 32.2 Å². The zero-order chi connectivity index (χ0) is 20.8. The number of carbonyl (C=O) groups is 1. The maximum atomic E-state index is 12.3. The summed E-state index contributed by atoms with van der Waals surface area (Å²) in [7, 11) is 1.34. The number of aromatic nitrogens is 1. The average molecular weight is 404 g/mol. The van der Waals surface area contributed by atoms with Gasteiger partial charge >= 0.3 is 5.97 Å². The Labute approximate surface area is 175 Å². The van der Waals surface area contributed by atoms with E-state index in [2.05, 4.69) is 22.4 Å². The molecule has 0 saturated heterocycles. The second-order valence-corrected chi connectivity index (χ2v) is 6.95.